The van der Waals surface area contributed by atoms with Crippen LogP contribution in [0.1, 0.15) is 29.7 Å². The van der Waals surface area contributed by atoms with Crippen molar-refractivity contribution in [2.45, 2.75) is 36.6 Å². The molecule has 0 saturated carbocycles. The standard InChI is InChI=1S/C16H18FNS/c1-10-4-5-11(2)16(8-10)19-15-7-6-13(17)9-14(15)12(3)18/h4-9,12H,18H2,1-3H3/t12-/m0/s1. The molecule has 0 amide bonds. The molecule has 3 heteroatoms. The van der Waals surface area contributed by atoms with Crippen LogP contribution in [0, 0.1) is 19.7 Å². The highest BCUT2D eigenvalue weighted by Crippen LogP contribution is 2.35. The largest absolute Gasteiger partial charge is 0.324 e. The molecule has 100 valence electrons. The molecule has 1 atom stereocenters. The summed E-state index contributed by atoms with van der Waals surface area (Å²) >= 11 is 1.65. The third-order valence-electron chi connectivity index (χ3n) is 3.03. The Morgan fingerprint density at radius 2 is 1.79 bits per heavy atom. The van der Waals surface area contributed by atoms with Crippen LogP contribution in [0.4, 0.5) is 4.39 Å². The highest BCUT2D eigenvalue weighted by molar-refractivity contribution is 7.99. The van der Waals surface area contributed by atoms with Gasteiger partial charge in [-0.05, 0) is 61.7 Å². The second-order valence-electron chi connectivity index (χ2n) is 4.84. The predicted molar refractivity (Wildman–Crippen MR) is 79.0 cm³/mol. The van der Waals surface area contributed by atoms with E-state index >= 15 is 0 Å². The highest BCUT2D eigenvalue weighted by Gasteiger charge is 2.11. The van der Waals surface area contributed by atoms with E-state index in [9.17, 15) is 4.39 Å². The molecule has 0 aliphatic carbocycles. The molecule has 0 aromatic heterocycles. The molecule has 0 spiro atoms. The Labute approximate surface area is 118 Å². The smallest absolute Gasteiger partial charge is 0.123 e. The van der Waals surface area contributed by atoms with Crippen molar-refractivity contribution in [2.75, 3.05) is 0 Å². The van der Waals surface area contributed by atoms with Crippen molar-refractivity contribution in [3.05, 3.63) is 58.9 Å². The Hall–Kier alpha value is -1.32. The summed E-state index contributed by atoms with van der Waals surface area (Å²) in [6, 6.07) is 11.0. The number of hydrogen-bond donors (Lipinski definition) is 1. The zero-order valence-electron chi connectivity index (χ0n) is 11.4. The van der Waals surface area contributed by atoms with Crippen LogP contribution in [-0.2, 0) is 0 Å². The molecule has 2 N–H and O–H groups in total. The fourth-order valence-corrected chi connectivity index (χ4v) is 3.11. The maximum absolute atomic E-state index is 13.3. The Kier molecular flexibility index (Phi) is 4.27. The molecule has 0 unspecified atom stereocenters. The topological polar surface area (TPSA) is 26.0 Å². The van der Waals surface area contributed by atoms with Gasteiger partial charge in [-0.1, -0.05) is 23.9 Å². The lowest BCUT2D eigenvalue weighted by Gasteiger charge is -2.14. The number of aryl methyl sites for hydroxylation is 2. The van der Waals surface area contributed by atoms with Gasteiger partial charge in [0.05, 0.1) is 0 Å². The van der Waals surface area contributed by atoms with Gasteiger partial charge in [-0.2, -0.15) is 0 Å². The van der Waals surface area contributed by atoms with Crippen LogP contribution in [0.5, 0.6) is 0 Å². The van der Waals surface area contributed by atoms with E-state index in [4.69, 9.17) is 5.73 Å². The lowest BCUT2D eigenvalue weighted by atomic mass is 10.1. The first-order valence-electron chi connectivity index (χ1n) is 6.27. The van der Waals surface area contributed by atoms with Gasteiger partial charge >= 0.3 is 0 Å². The number of halogens is 1. The van der Waals surface area contributed by atoms with Crippen LogP contribution < -0.4 is 5.73 Å². The molecular formula is C16H18FNS. The maximum Gasteiger partial charge on any atom is 0.123 e. The second-order valence-corrected chi connectivity index (χ2v) is 5.93. The Bertz CT molecular complexity index is 593. The van der Waals surface area contributed by atoms with E-state index < -0.39 is 0 Å². The van der Waals surface area contributed by atoms with Gasteiger partial charge in [0.2, 0.25) is 0 Å². The number of rotatable bonds is 3. The maximum atomic E-state index is 13.3. The molecule has 0 aliphatic rings. The van der Waals surface area contributed by atoms with Gasteiger partial charge in [-0.25, -0.2) is 4.39 Å². The number of nitrogens with two attached hydrogens (primary N) is 1. The molecule has 0 heterocycles. The first kappa shape index (κ1) is 14.1. The molecule has 2 aromatic rings. The van der Waals surface area contributed by atoms with Crippen molar-refractivity contribution in [2.24, 2.45) is 5.73 Å². The SMILES string of the molecule is Cc1ccc(C)c(Sc2ccc(F)cc2[C@H](C)N)c1. The van der Waals surface area contributed by atoms with E-state index in [0.29, 0.717) is 0 Å². The molecule has 2 rings (SSSR count). The van der Waals surface area contributed by atoms with E-state index in [1.165, 1.54) is 28.2 Å². The Balaban J connectivity index is 2.40. The van der Waals surface area contributed by atoms with E-state index in [0.717, 1.165) is 10.5 Å². The van der Waals surface area contributed by atoms with E-state index in [1.807, 2.05) is 6.92 Å². The van der Waals surface area contributed by atoms with Crippen LogP contribution in [-0.4, -0.2) is 0 Å². The summed E-state index contributed by atoms with van der Waals surface area (Å²) in [7, 11) is 0. The first-order chi connectivity index (χ1) is 8.97. The van der Waals surface area contributed by atoms with Crippen molar-refractivity contribution in [1.29, 1.82) is 0 Å². The molecule has 0 bridgehead atoms. The third-order valence-corrected chi connectivity index (χ3v) is 4.28. The zero-order valence-corrected chi connectivity index (χ0v) is 12.2. The first-order valence-corrected chi connectivity index (χ1v) is 7.09. The second kappa shape index (κ2) is 5.76. The van der Waals surface area contributed by atoms with Crippen molar-refractivity contribution in [1.82, 2.24) is 0 Å². The molecule has 0 saturated heterocycles. The van der Waals surface area contributed by atoms with Crippen molar-refractivity contribution in [3.63, 3.8) is 0 Å². The summed E-state index contributed by atoms with van der Waals surface area (Å²) in [6.45, 7) is 6.03. The van der Waals surface area contributed by atoms with Crippen LogP contribution in [0.2, 0.25) is 0 Å². The molecule has 0 fully saturated rings. The molecule has 0 radical (unpaired) electrons. The van der Waals surface area contributed by atoms with Crippen molar-refractivity contribution < 1.29 is 4.39 Å². The van der Waals surface area contributed by atoms with Crippen LogP contribution >= 0.6 is 11.8 Å². The van der Waals surface area contributed by atoms with Gasteiger partial charge in [0, 0.05) is 15.8 Å². The minimum absolute atomic E-state index is 0.177. The predicted octanol–water partition coefficient (Wildman–Crippen LogP) is 4.61. The van der Waals surface area contributed by atoms with Gasteiger partial charge in [-0.15, -0.1) is 0 Å². The monoisotopic (exact) mass is 275 g/mol. The Morgan fingerprint density at radius 3 is 2.47 bits per heavy atom. The molecular weight excluding hydrogens is 257 g/mol. The number of hydrogen-bond acceptors (Lipinski definition) is 2. The lowest BCUT2D eigenvalue weighted by molar-refractivity contribution is 0.619. The third kappa shape index (κ3) is 3.37. The average Bonchev–Trinajstić information content (AvgIpc) is 2.35. The van der Waals surface area contributed by atoms with Gasteiger partial charge in [-0.3, -0.25) is 0 Å². The average molecular weight is 275 g/mol. The quantitative estimate of drug-likeness (QED) is 0.885. The summed E-state index contributed by atoms with van der Waals surface area (Å²) in [5.41, 5.74) is 9.22. The van der Waals surface area contributed by atoms with Crippen molar-refractivity contribution >= 4 is 11.8 Å². The molecule has 1 nitrogen and oxygen atoms in total. The summed E-state index contributed by atoms with van der Waals surface area (Å²) < 4.78 is 13.3. The van der Waals surface area contributed by atoms with Gasteiger partial charge in [0.15, 0.2) is 0 Å². The number of benzene rings is 2. The molecule has 2 aromatic carbocycles. The van der Waals surface area contributed by atoms with E-state index in [-0.39, 0.29) is 11.9 Å². The van der Waals surface area contributed by atoms with E-state index in [1.54, 1.807) is 17.8 Å². The van der Waals surface area contributed by atoms with Gasteiger partial charge in [0.25, 0.3) is 0 Å². The van der Waals surface area contributed by atoms with Crippen molar-refractivity contribution in [3.8, 4) is 0 Å². The lowest BCUT2D eigenvalue weighted by Crippen LogP contribution is -2.06. The fourth-order valence-electron chi connectivity index (χ4n) is 1.90. The Morgan fingerprint density at radius 1 is 1.05 bits per heavy atom. The summed E-state index contributed by atoms with van der Waals surface area (Å²) in [6.07, 6.45) is 0. The highest BCUT2D eigenvalue weighted by atomic mass is 32.2. The minimum atomic E-state index is -0.238. The van der Waals surface area contributed by atoms with Crippen LogP contribution in [0.25, 0.3) is 0 Å². The summed E-state index contributed by atoms with van der Waals surface area (Å²) in [5.74, 6) is -0.238. The zero-order chi connectivity index (χ0) is 14.0. The minimum Gasteiger partial charge on any atom is -0.324 e. The molecule has 19 heavy (non-hydrogen) atoms. The normalized spacial score (nSPS) is 12.5. The fraction of sp³-hybridized carbons (Fsp3) is 0.250. The van der Waals surface area contributed by atoms with Crippen LogP contribution in [0.3, 0.4) is 0 Å². The summed E-state index contributed by atoms with van der Waals surface area (Å²) in [4.78, 5) is 2.21. The van der Waals surface area contributed by atoms with Gasteiger partial charge in [0.1, 0.15) is 5.82 Å². The van der Waals surface area contributed by atoms with Crippen LogP contribution in [0.15, 0.2) is 46.2 Å². The summed E-state index contributed by atoms with van der Waals surface area (Å²) in [5, 5.41) is 0. The molecule has 0 aliphatic heterocycles. The van der Waals surface area contributed by atoms with E-state index in [2.05, 4.69) is 32.0 Å². The van der Waals surface area contributed by atoms with Gasteiger partial charge < -0.3 is 5.73 Å².